The van der Waals surface area contributed by atoms with Crippen LogP contribution in [0.3, 0.4) is 0 Å². The molecule has 0 aromatic carbocycles. The second-order valence-corrected chi connectivity index (χ2v) is 2.71. The molecule has 2 heteroatoms. The summed E-state index contributed by atoms with van der Waals surface area (Å²) in [6.07, 6.45) is 6.18. The monoisotopic (exact) mass is 182 g/mol. The van der Waals surface area contributed by atoms with E-state index < -0.39 is 0 Å². The highest BCUT2D eigenvalue weighted by Crippen LogP contribution is 1.93. The zero-order chi connectivity index (χ0) is 10.5. The Balaban J connectivity index is 0. The van der Waals surface area contributed by atoms with Crippen molar-refractivity contribution in [3.8, 4) is 0 Å². The van der Waals surface area contributed by atoms with Gasteiger partial charge in [0.15, 0.2) is 0 Å². The Labute approximate surface area is 82.4 Å². The van der Waals surface area contributed by atoms with E-state index in [1.807, 2.05) is 13.8 Å². The highest BCUT2D eigenvalue weighted by molar-refractivity contribution is 4.74. The molecule has 0 spiro atoms. The molecular formula is C11H22N2. The van der Waals surface area contributed by atoms with Gasteiger partial charge in [-0.25, -0.2) is 9.97 Å². The lowest BCUT2D eigenvalue weighted by atomic mass is 10.2. The Morgan fingerprint density at radius 2 is 1.46 bits per heavy atom. The van der Waals surface area contributed by atoms with Crippen LogP contribution in [-0.4, -0.2) is 9.97 Å². The molecule has 1 aromatic rings. The second-order valence-electron chi connectivity index (χ2n) is 2.71. The molecule has 0 unspecified atom stereocenters. The van der Waals surface area contributed by atoms with E-state index in [1.165, 1.54) is 12.7 Å². The minimum Gasteiger partial charge on any atom is -0.245 e. The first-order valence-corrected chi connectivity index (χ1v) is 4.97. The summed E-state index contributed by atoms with van der Waals surface area (Å²) in [5.74, 6) is 0.884. The summed E-state index contributed by atoms with van der Waals surface area (Å²) in [7, 11) is 0. The summed E-state index contributed by atoms with van der Waals surface area (Å²) in [5.41, 5.74) is 0. The minimum absolute atomic E-state index is 0.884. The third-order valence-electron chi connectivity index (χ3n) is 1.29. The summed E-state index contributed by atoms with van der Waals surface area (Å²) >= 11 is 0. The highest BCUT2D eigenvalue weighted by atomic mass is 14.8. The molecule has 1 rings (SSSR count). The molecule has 1 aromatic heterocycles. The quantitative estimate of drug-likeness (QED) is 0.663. The Hall–Kier alpha value is -0.920. The number of nitrogens with zero attached hydrogens (tertiary/aromatic N) is 2. The fourth-order valence-electron chi connectivity index (χ4n) is 0.253. The number of rotatable bonds is 1. The molecule has 0 amide bonds. The topological polar surface area (TPSA) is 25.8 Å². The van der Waals surface area contributed by atoms with Crippen molar-refractivity contribution in [1.82, 2.24) is 9.97 Å². The van der Waals surface area contributed by atoms with Gasteiger partial charge in [0.2, 0.25) is 0 Å². The lowest BCUT2D eigenvalue weighted by molar-refractivity contribution is 0.626. The molecule has 0 bridgehead atoms. The molecule has 0 saturated heterocycles. The summed E-state index contributed by atoms with van der Waals surface area (Å²) < 4.78 is 0. The van der Waals surface area contributed by atoms with Crippen LogP contribution < -0.4 is 0 Å². The fraction of sp³-hybridized carbons (Fsp3) is 0.636. The van der Waals surface area contributed by atoms with Gasteiger partial charge in [-0.05, 0) is 12.0 Å². The zero-order valence-electron chi connectivity index (χ0n) is 9.49. The summed E-state index contributed by atoms with van der Waals surface area (Å²) in [6.45, 7) is 10.6. The fourth-order valence-corrected chi connectivity index (χ4v) is 0.253. The second kappa shape index (κ2) is 13.7. The first-order valence-electron chi connectivity index (χ1n) is 4.97. The SMILES string of the molecule is CC.CCC(C)C.c1cncnc1. The van der Waals surface area contributed by atoms with Gasteiger partial charge in [0.05, 0.1) is 0 Å². The molecule has 1 heterocycles. The van der Waals surface area contributed by atoms with Crippen molar-refractivity contribution in [3.05, 3.63) is 24.8 Å². The van der Waals surface area contributed by atoms with Crippen LogP contribution in [0, 0.1) is 5.92 Å². The van der Waals surface area contributed by atoms with Gasteiger partial charge in [-0.3, -0.25) is 0 Å². The van der Waals surface area contributed by atoms with Gasteiger partial charge in [-0.15, -0.1) is 0 Å². The van der Waals surface area contributed by atoms with E-state index in [1.54, 1.807) is 18.5 Å². The molecule has 0 aliphatic rings. The van der Waals surface area contributed by atoms with Crippen molar-refractivity contribution in [2.24, 2.45) is 5.92 Å². The van der Waals surface area contributed by atoms with E-state index in [0.29, 0.717) is 0 Å². The van der Waals surface area contributed by atoms with E-state index in [4.69, 9.17) is 0 Å². The van der Waals surface area contributed by atoms with Crippen LogP contribution in [0.2, 0.25) is 0 Å². The minimum atomic E-state index is 0.884. The predicted molar refractivity (Wildman–Crippen MR) is 58.5 cm³/mol. The number of hydrogen-bond donors (Lipinski definition) is 0. The van der Waals surface area contributed by atoms with Crippen LogP contribution in [0.1, 0.15) is 41.0 Å². The van der Waals surface area contributed by atoms with E-state index in [9.17, 15) is 0 Å². The van der Waals surface area contributed by atoms with Gasteiger partial charge in [-0.1, -0.05) is 41.0 Å². The Morgan fingerprint density at radius 3 is 1.54 bits per heavy atom. The largest absolute Gasteiger partial charge is 0.245 e. The Bertz CT molecular complexity index is 123. The van der Waals surface area contributed by atoms with E-state index in [2.05, 4.69) is 30.7 Å². The highest BCUT2D eigenvalue weighted by Gasteiger charge is 1.80. The average Bonchev–Trinajstić information content (AvgIpc) is 2.24. The molecule has 0 radical (unpaired) electrons. The number of aromatic nitrogens is 2. The normalized spacial score (nSPS) is 7.85. The van der Waals surface area contributed by atoms with Crippen LogP contribution in [0.25, 0.3) is 0 Å². The summed E-state index contributed by atoms with van der Waals surface area (Å²) in [5, 5.41) is 0. The van der Waals surface area contributed by atoms with Crippen molar-refractivity contribution in [2.45, 2.75) is 41.0 Å². The summed E-state index contributed by atoms with van der Waals surface area (Å²) in [4.78, 5) is 7.35. The lowest BCUT2D eigenvalue weighted by Crippen LogP contribution is -1.77. The van der Waals surface area contributed by atoms with Gasteiger partial charge < -0.3 is 0 Å². The van der Waals surface area contributed by atoms with Crippen molar-refractivity contribution >= 4 is 0 Å². The van der Waals surface area contributed by atoms with E-state index in [-0.39, 0.29) is 0 Å². The van der Waals surface area contributed by atoms with Gasteiger partial charge in [0.25, 0.3) is 0 Å². The molecular weight excluding hydrogens is 160 g/mol. The van der Waals surface area contributed by atoms with Gasteiger partial charge >= 0.3 is 0 Å². The van der Waals surface area contributed by atoms with Crippen molar-refractivity contribution in [3.63, 3.8) is 0 Å². The van der Waals surface area contributed by atoms with Crippen LogP contribution in [0.15, 0.2) is 24.8 Å². The Kier molecular flexibility index (Phi) is 15.3. The maximum atomic E-state index is 3.67. The molecule has 13 heavy (non-hydrogen) atoms. The standard InChI is InChI=1S/C5H12.C4H4N2.C2H6/c1-4-5(2)3;1-2-5-4-6-3-1;1-2/h5H,4H2,1-3H3;1-4H;1-2H3. The molecule has 0 saturated carbocycles. The molecule has 0 aliphatic carbocycles. The van der Waals surface area contributed by atoms with E-state index >= 15 is 0 Å². The van der Waals surface area contributed by atoms with Gasteiger partial charge in [-0.2, -0.15) is 0 Å². The first-order chi connectivity index (χ1) is 6.27. The lowest BCUT2D eigenvalue weighted by Gasteiger charge is -1.90. The van der Waals surface area contributed by atoms with Gasteiger partial charge in [0, 0.05) is 12.4 Å². The van der Waals surface area contributed by atoms with Crippen LogP contribution in [0.4, 0.5) is 0 Å². The summed E-state index contributed by atoms with van der Waals surface area (Å²) in [6, 6.07) is 1.78. The molecule has 76 valence electrons. The third-order valence-corrected chi connectivity index (χ3v) is 1.29. The number of hydrogen-bond acceptors (Lipinski definition) is 2. The van der Waals surface area contributed by atoms with Crippen LogP contribution >= 0.6 is 0 Å². The smallest absolute Gasteiger partial charge is 0.115 e. The van der Waals surface area contributed by atoms with Crippen molar-refractivity contribution < 1.29 is 0 Å². The Morgan fingerprint density at radius 1 is 1.08 bits per heavy atom. The van der Waals surface area contributed by atoms with Crippen LogP contribution in [-0.2, 0) is 0 Å². The maximum absolute atomic E-state index is 3.67. The third kappa shape index (κ3) is 18.2. The molecule has 0 atom stereocenters. The van der Waals surface area contributed by atoms with Crippen molar-refractivity contribution in [1.29, 1.82) is 0 Å². The molecule has 0 N–H and O–H groups in total. The van der Waals surface area contributed by atoms with E-state index in [0.717, 1.165) is 5.92 Å². The van der Waals surface area contributed by atoms with Crippen LogP contribution in [0.5, 0.6) is 0 Å². The zero-order valence-corrected chi connectivity index (χ0v) is 9.49. The maximum Gasteiger partial charge on any atom is 0.115 e. The van der Waals surface area contributed by atoms with Gasteiger partial charge in [0.1, 0.15) is 6.33 Å². The van der Waals surface area contributed by atoms with Crippen molar-refractivity contribution in [2.75, 3.05) is 0 Å². The predicted octanol–water partition coefficient (Wildman–Crippen LogP) is 3.56. The molecule has 0 aliphatic heterocycles. The molecule has 2 nitrogen and oxygen atoms in total. The average molecular weight is 182 g/mol. The molecule has 0 fully saturated rings. The first kappa shape index (κ1) is 14.6.